The van der Waals surface area contributed by atoms with Crippen molar-refractivity contribution in [2.75, 3.05) is 6.54 Å². The lowest BCUT2D eigenvalue weighted by Crippen LogP contribution is -2.31. The lowest BCUT2D eigenvalue weighted by Gasteiger charge is -2.25. The fraction of sp³-hybridized carbons (Fsp3) is 0.500. The van der Waals surface area contributed by atoms with Crippen LogP contribution in [0.2, 0.25) is 0 Å². The Morgan fingerprint density at radius 1 is 1.37 bits per heavy atom. The number of hydrogen-bond acceptors (Lipinski definition) is 2. The fourth-order valence-electron chi connectivity index (χ4n) is 2.39. The molecule has 19 heavy (non-hydrogen) atoms. The zero-order valence-electron chi connectivity index (χ0n) is 10.5. The third kappa shape index (κ3) is 3.69. The minimum Gasteiger partial charge on any atom is -0.507 e. The second-order valence-electron chi connectivity index (χ2n) is 4.96. The van der Waals surface area contributed by atoms with Gasteiger partial charge in [0.1, 0.15) is 17.1 Å². The van der Waals surface area contributed by atoms with E-state index in [-0.39, 0.29) is 11.3 Å². The Morgan fingerprint density at radius 3 is 2.68 bits per heavy atom. The van der Waals surface area contributed by atoms with Crippen LogP contribution in [0.4, 0.5) is 4.39 Å². The smallest absolute Gasteiger partial charge is 0.258 e. The van der Waals surface area contributed by atoms with Crippen LogP contribution in [0.5, 0.6) is 5.75 Å². The number of phenolic OH excluding ortho intramolecular Hbond substituents is 1. The average Bonchev–Trinajstić information content (AvgIpc) is 2.38. The number of amides is 1. The zero-order chi connectivity index (χ0) is 13.8. The first-order valence-corrected chi connectivity index (χ1v) is 7.39. The summed E-state index contributed by atoms with van der Waals surface area (Å²) in [4.78, 5) is 12.5. The van der Waals surface area contributed by atoms with Crippen molar-refractivity contribution in [1.82, 2.24) is 5.32 Å². The van der Waals surface area contributed by atoms with Gasteiger partial charge in [-0.3, -0.25) is 4.79 Å². The molecule has 0 unspecified atom stereocenters. The van der Waals surface area contributed by atoms with Gasteiger partial charge in [-0.1, -0.05) is 22.0 Å². The van der Waals surface area contributed by atoms with Crippen LogP contribution in [0.25, 0.3) is 0 Å². The third-order valence-electron chi connectivity index (χ3n) is 3.55. The predicted molar refractivity (Wildman–Crippen MR) is 75.1 cm³/mol. The van der Waals surface area contributed by atoms with E-state index in [9.17, 15) is 14.3 Å². The number of aromatic hydroxyl groups is 1. The number of rotatable bonds is 3. The quantitative estimate of drug-likeness (QED) is 0.836. The van der Waals surface area contributed by atoms with Crippen molar-refractivity contribution in [3.63, 3.8) is 0 Å². The summed E-state index contributed by atoms with van der Waals surface area (Å²) < 4.78 is 13.5. The Labute approximate surface area is 120 Å². The molecule has 0 atom stereocenters. The third-order valence-corrected chi connectivity index (χ3v) is 4.46. The molecule has 0 heterocycles. The van der Waals surface area contributed by atoms with Crippen molar-refractivity contribution < 1.29 is 14.3 Å². The second kappa shape index (κ2) is 6.37. The van der Waals surface area contributed by atoms with E-state index in [1.807, 2.05) is 0 Å². The van der Waals surface area contributed by atoms with Crippen LogP contribution in [0.1, 0.15) is 36.0 Å². The molecule has 2 rings (SSSR count). The number of halogens is 2. The molecule has 1 fully saturated rings. The van der Waals surface area contributed by atoms with Crippen molar-refractivity contribution in [3.05, 3.63) is 29.6 Å². The zero-order valence-corrected chi connectivity index (χ0v) is 12.1. The van der Waals surface area contributed by atoms with Crippen LogP contribution in [0.3, 0.4) is 0 Å². The highest BCUT2D eigenvalue weighted by molar-refractivity contribution is 9.09. The van der Waals surface area contributed by atoms with Gasteiger partial charge in [-0.15, -0.1) is 0 Å². The summed E-state index contributed by atoms with van der Waals surface area (Å²) in [6.07, 6.45) is 4.32. The minimum atomic E-state index is -0.693. The molecule has 0 saturated heterocycles. The summed E-state index contributed by atoms with van der Waals surface area (Å²) >= 11 is 3.58. The number of benzene rings is 1. The van der Waals surface area contributed by atoms with Crippen LogP contribution in [0, 0.1) is 11.7 Å². The van der Waals surface area contributed by atoms with Crippen LogP contribution in [0.15, 0.2) is 18.2 Å². The molecule has 0 aliphatic heterocycles. The molecular weight excluding hydrogens is 313 g/mol. The van der Waals surface area contributed by atoms with Gasteiger partial charge in [0.2, 0.25) is 0 Å². The van der Waals surface area contributed by atoms with E-state index in [1.54, 1.807) is 0 Å². The molecule has 0 spiro atoms. The summed E-state index contributed by atoms with van der Waals surface area (Å²) in [5, 5.41) is 12.2. The van der Waals surface area contributed by atoms with E-state index in [0.717, 1.165) is 25.7 Å². The second-order valence-corrected chi connectivity index (χ2v) is 6.26. The van der Waals surface area contributed by atoms with Gasteiger partial charge < -0.3 is 10.4 Å². The fourth-order valence-corrected chi connectivity index (χ4v) is 2.92. The number of carbonyl (C=O) groups excluding carboxylic acids is 1. The van der Waals surface area contributed by atoms with Crippen LogP contribution < -0.4 is 5.32 Å². The molecule has 1 saturated carbocycles. The van der Waals surface area contributed by atoms with E-state index >= 15 is 0 Å². The highest BCUT2D eigenvalue weighted by atomic mass is 79.9. The Hall–Kier alpha value is -1.10. The van der Waals surface area contributed by atoms with E-state index in [2.05, 4.69) is 21.2 Å². The first-order valence-electron chi connectivity index (χ1n) is 6.47. The number of hydrogen-bond donors (Lipinski definition) is 2. The highest BCUT2D eigenvalue weighted by Gasteiger charge is 2.21. The Morgan fingerprint density at radius 2 is 2.05 bits per heavy atom. The first kappa shape index (κ1) is 14.3. The predicted octanol–water partition coefficient (Wildman–Crippen LogP) is 3.21. The minimum absolute atomic E-state index is 0.267. The lowest BCUT2D eigenvalue weighted by molar-refractivity contribution is 0.0937. The Bertz CT molecular complexity index is 439. The van der Waals surface area contributed by atoms with Crippen molar-refractivity contribution in [2.24, 2.45) is 5.92 Å². The first-order chi connectivity index (χ1) is 9.08. The topological polar surface area (TPSA) is 49.3 Å². The molecule has 1 aromatic rings. The van der Waals surface area contributed by atoms with Gasteiger partial charge in [0, 0.05) is 11.4 Å². The van der Waals surface area contributed by atoms with Gasteiger partial charge in [-0.05, 0) is 43.7 Å². The van der Waals surface area contributed by atoms with Crippen molar-refractivity contribution in [2.45, 2.75) is 30.5 Å². The molecule has 0 aromatic heterocycles. The van der Waals surface area contributed by atoms with Gasteiger partial charge in [0.05, 0.1) is 0 Å². The number of carbonyl (C=O) groups is 1. The van der Waals surface area contributed by atoms with Gasteiger partial charge in [0.25, 0.3) is 5.91 Å². The average molecular weight is 330 g/mol. The SMILES string of the molecule is O=C(NCC1CCC(Br)CC1)c1c(O)cccc1F. The number of phenols is 1. The van der Waals surface area contributed by atoms with Crippen LogP contribution >= 0.6 is 15.9 Å². The molecule has 0 radical (unpaired) electrons. The van der Waals surface area contributed by atoms with E-state index in [0.29, 0.717) is 17.3 Å². The molecule has 1 aliphatic carbocycles. The largest absolute Gasteiger partial charge is 0.507 e. The monoisotopic (exact) mass is 329 g/mol. The van der Waals surface area contributed by atoms with Crippen LogP contribution in [-0.4, -0.2) is 22.4 Å². The Kier molecular flexibility index (Phi) is 4.80. The summed E-state index contributed by atoms with van der Waals surface area (Å²) in [6.45, 7) is 0.534. The normalized spacial score (nSPS) is 23.1. The van der Waals surface area contributed by atoms with Crippen molar-refractivity contribution >= 4 is 21.8 Å². The summed E-state index contributed by atoms with van der Waals surface area (Å²) in [5.74, 6) is -1.12. The maximum absolute atomic E-state index is 13.5. The maximum atomic E-state index is 13.5. The molecule has 1 amide bonds. The number of nitrogens with one attached hydrogen (secondary N) is 1. The van der Waals surface area contributed by atoms with Crippen molar-refractivity contribution in [1.29, 1.82) is 0 Å². The van der Waals surface area contributed by atoms with Gasteiger partial charge in [-0.25, -0.2) is 4.39 Å². The van der Waals surface area contributed by atoms with E-state index in [1.165, 1.54) is 18.2 Å². The van der Waals surface area contributed by atoms with Gasteiger partial charge >= 0.3 is 0 Å². The standard InChI is InChI=1S/C14H17BrFNO2/c15-10-6-4-9(5-7-10)8-17-14(19)13-11(16)2-1-3-12(13)18/h1-3,9-10,18H,4-8H2,(H,17,19). The highest BCUT2D eigenvalue weighted by Crippen LogP contribution is 2.28. The molecule has 2 N–H and O–H groups in total. The summed E-state index contributed by atoms with van der Waals surface area (Å²) in [5.41, 5.74) is -0.267. The summed E-state index contributed by atoms with van der Waals surface area (Å²) in [6, 6.07) is 3.86. The molecule has 1 aromatic carbocycles. The van der Waals surface area contributed by atoms with Crippen molar-refractivity contribution in [3.8, 4) is 5.75 Å². The van der Waals surface area contributed by atoms with E-state index < -0.39 is 11.7 Å². The molecule has 5 heteroatoms. The maximum Gasteiger partial charge on any atom is 0.258 e. The van der Waals surface area contributed by atoms with Gasteiger partial charge in [0.15, 0.2) is 0 Å². The molecule has 0 bridgehead atoms. The number of alkyl halides is 1. The molecule has 1 aliphatic rings. The lowest BCUT2D eigenvalue weighted by atomic mass is 9.89. The van der Waals surface area contributed by atoms with E-state index in [4.69, 9.17) is 0 Å². The molecular formula is C14H17BrFNO2. The van der Waals surface area contributed by atoms with Gasteiger partial charge in [-0.2, -0.15) is 0 Å². The summed E-state index contributed by atoms with van der Waals surface area (Å²) in [7, 11) is 0. The Balaban J connectivity index is 1.91. The molecule has 3 nitrogen and oxygen atoms in total. The molecule has 104 valence electrons. The van der Waals surface area contributed by atoms with Crippen LogP contribution in [-0.2, 0) is 0 Å².